The van der Waals surface area contributed by atoms with Crippen LogP contribution in [0.4, 0.5) is 0 Å². The number of carbonyl (C=O) groups excluding carboxylic acids is 1. The summed E-state index contributed by atoms with van der Waals surface area (Å²) in [4.78, 5) is 14.3. The summed E-state index contributed by atoms with van der Waals surface area (Å²) in [7, 11) is 0. The summed E-state index contributed by atoms with van der Waals surface area (Å²) in [6.07, 6.45) is 12.0. The molecule has 0 amide bonds. The maximum absolute atomic E-state index is 14.3. The van der Waals surface area contributed by atoms with Crippen LogP contribution in [-0.2, 0) is 4.79 Å². The Hall–Kier alpha value is -1.56. The third-order valence-corrected chi connectivity index (χ3v) is 13.0. The van der Waals surface area contributed by atoms with Gasteiger partial charge in [0.1, 0.15) is 5.76 Å². The van der Waals surface area contributed by atoms with Crippen LogP contribution in [0.3, 0.4) is 0 Å². The lowest BCUT2D eigenvalue weighted by Crippen LogP contribution is -2.64. The van der Waals surface area contributed by atoms with E-state index < -0.39 is 5.41 Å². The van der Waals surface area contributed by atoms with Crippen LogP contribution in [0, 0.1) is 61.6 Å². The monoisotopic (exact) mass is 477 g/mol. The van der Waals surface area contributed by atoms with Crippen LogP contribution < -0.4 is 0 Å². The SMILES string of the molecule is CC[C@]12CCC(C)(C)CC1C1C(=O)C=C3[C@@]4(C)CC(C#N)=C(O)C(C)(C)[C@@H]4CC[C@@]3(C)[C@]1(C)CC2. The zero-order valence-corrected chi connectivity index (χ0v) is 23.5. The van der Waals surface area contributed by atoms with Crippen molar-refractivity contribution in [2.75, 3.05) is 0 Å². The number of allylic oxidation sites excluding steroid dienone is 4. The van der Waals surface area contributed by atoms with Crippen molar-refractivity contribution in [2.24, 2.45) is 50.2 Å². The van der Waals surface area contributed by atoms with Crippen molar-refractivity contribution >= 4 is 5.78 Å². The highest BCUT2D eigenvalue weighted by molar-refractivity contribution is 5.95. The van der Waals surface area contributed by atoms with Gasteiger partial charge in [-0.3, -0.25) is 4.79 Å². The number of fused-ring (bicyclic) bond motifs is 7. The Balaban J connectivity index is 1.67. The molecule has 0 bridgehead atoms. The van der Waals surface area contributed by atoms with Crippen molar-refractivity contribution in [1.82, 2.24) is 0 Å². The first-order chi connectivity index (χ1) is 16.1. The molecular weight excluding hydrogens is 430 g/mol. The first-order valence-electron chi connectivity index (χ1n) is 14.2. The number of hydrogen-bond donors (Lipinski definition) is 1. The number of nitriles is 1. The summed E-state index contributed by atoms with van der Waals surface area (Å²) in [5.74, 6) is 1.42. The molecule has 0 aliphatic heterocycles. The quantitative estimate of drug-likeness (QED) is 0.413. The van der Waals surface area contributed by atoms with Crippen molar-refractivity contribution in [3.63, 3.8) is 0 Å². The van der Waals surface area contributed by atoms with Crippen molar-refractivity contribution < 1.29 is 9.90 Å². The molecule has 0 aromatic carbocycles. The van der Waals surface area contributed by atoms with E-state index in [1.807, 2.05) is 0 Å². The van der Waals surface area contributed by atoms with Crippen LogP contribution >= 0.6 is 0 Å². The molecule has 3 nitrogen and oxygen atoms in total. The van der Waals surface area contributed by atoms with Crippen molar-refractivity contribution in [3.05, 3.63) is 23.0 Å². The van der Waals surface area contributed by atoms with E-state index in [4.69, 9.17) is 0 Å². The lowest BCUT2D eigenvalue weighted by molar-refractivity contribution is -0.173. The smallest absolute Gasteiger partial charge is 0.159 e. The average Bonchev–Trinajstić information content (AvgIpc) is 2.77. The average molecular weight is 478 g/mol. The van der Waals surface area contributed by atoms with Crippen LogP contribution in [0.5, 0.6) is 0 Å². The molecule has 0 spiro atoms. The summed E-state index contributed by atoms with van der Waals surface area (Å²) >= 11 is 0. The maximum Gasteiger partial charge on any atom is 0.159 e. The van der Waals surface area contributed by atoms with Crippen LogP contribution in [-0.4, -0.2) is 10.9 Å². The van der Waals surface area contributed by atoms with Gasteiger partial charge in [-0.2, -0.15) is 5.26 Å². The molecule has 0 heterocycles. The fourth-order valence-electron chi connectivity index (χ4n) is 10.7. The topological polar surface area (TPSA) is 61.1 Å². The summed E-state index contributed by atoms with van der Waals surface area (Å²) < 4.78 is 0. The molecule has 35 heavy (non-hydrogen) atoms. The number of ketones is 1. The summed E-state index contributed by atoms with van der Waals surface area (Å²) in [5.41, 5.74) is 1.57. The van der Waals surface area contributed by atoms with Gasteiger partial charge in [0.05, 0.1) is 11.6 Å². The molecule has 1 N–H and O–H groups in total. The molecule has 3 fully saturated rings. The predicted octanol–water partition coefficient (Wildman–Crippen LogP) is 8.32. The van der Waals surface area contributed by atoms with Crippen LogP contribution in [0.2, 0.25) is 0 Å². The molecule has 192 valence electrons. The molecule has 0 radical (unpaired) electrons. The predicted molar refractivity (Wildman–Crippen MR) is 140 cm³/mol. The van der Waals surface area contributed by atoms with Crippen molar-refractivity contribution in [2.45, 2.75) is 113 Å². The highest BCUT2D eigenvalue weighted by Crippen LogP contribution is 2.75. The lowest BCUT2D eigenvalue weighted by Gasteiger charge is -2.70. The largest absolute Gasteiger partial charge is 0.511 e. The fraction of sp³-hybridized carbons (Fsp3) is 0.812. The van der Waals surface area contributed by atoms with Crippen LogP contribution in [0.1, 0.15) is 113 Å². The van der Waals surface area contributed by atoms with E-state index >= 15 is 0 Å². The number of aliphatic hydroxyl groups excluding tert-OH is 1. The first kappa shape index (κ1) is 25.1. The van der Waals surface area contributed by atoms with E-state index in [1.54, 1.807) is 0 Å². The van der Waals surface area contributed by atoms with Gasteiger partial charge in [-0.25, -0.2) is 0 Å². The molecule has 0 aromatic rings. The van der Waals surface area contributed by atoms with Gasteiger partial charge in [0.2, 0.25) is 0 Å². The van der Waals surface area contributed by atoms with Crippen LogP contribution in [0.15, 0.2) is 23.0 Å². The molecular formula is C32H47NO2. The summed E-state index contributed by atoms with van der Waals surface area (Å²) in [5, 5.41) is 20.9. The summed E-state index contributed by atoms with van der Waals surface area (Å²) in [6, 6.07) is 2.33. The molecule has 5 aliphatic rings. The van der Waals surface area contributed by atoms with E-state index in [-0.39, 0.29) is 33.8 Å². The third-order valence-electron chi connectivity index (χ3n) is 13.0. The van der Waals surface area contributed by atoms with Gasteiger partial charge in [-0.15, -0.1) is 0 Å². The Morgan fingerprint density at radius 2 is 1.69 bits per heavy atom. The standard InChI is InChI=1S/C32H47NO2/c1-9-32-14-12-27(2,3)18-21(32)25-22(34)16-24-29(6)17-20(19-33)26(35)28(4,5)23(29)10-11-30(24,7)31(25,8)13-15-32/h16,21,23,25,35H,9-15,17-18H2,1-8H3/t21?,23-,25?,29-,30+,31+,32+/m0/s1. The Labute approximate surface area is 213 Å². The summed E-state index contributed by atoms with van der Waals surface area (Å²) in [6.45, 7) is 18.6. The molecule has 3 heteroatoms. The molecule has 0 aromatic heterocycles. The van der Waals surface area contributed by atoms with Crippen molar-refractivity contribution in [1.29, 1.82) is 5.26 Å². The first-order valence-corrected chi connectivity index (χ1v) is 14.2. The van der Waals surface area contributed by atoms with Gasteiger partial charge in [0.15, 0.2) is 5.78 Å². The van der Waals surface area contributed by atoms with E-state index in [0.717, 1.165) is 25.7 Å². The zero-order chi connectivity index (χ0) is 25.8. The number of aliphatic hydroxyl groups is 1. The highest BCUT2D eigenvalue weighted by Gasteiger charge is 2.69. The minimum absolute atomic E-state index is 0.0536. The highest BCUT2D eigenvalue weighted by atomic mass is 16.3. The Bertz CT molecular complexity index is 1070. The molecule has 7 atom stereocenters. The number of carbonyl (C=O) groups is 1. The molecule has 3 saturated carbocycles. The lowest BCUT2D eigenvalue weighted by atomic mass is 9.34. The minimum atomic E-state index is -0.460. The van der Waals surface area contributed by atoms with E-state index in [1.165, 1.54) is 31.3 Å². The number of rotatable bonds is 1. The number of nitrogens with zero attached hydrogens (tertiary/aromatic N) is 1. The van der Waals surface area contributed by atoms with Crippen LogP contribution in [0.25, 0.3) is 0 Å². The fourth-order valence-corrected chi connectivity index (χ4v) is 10.7. The van der Waals surface area contributed by atoms with Gasteiger partial charge in [0, 0.05) is 11.3 Å². The van der Waals surface area contributed by atoms with E-state index in [0.29, 0.717) is 34.5 Å². The minimum Gasteiger partial charge on any atom is -0.511 e. The molecule has 5 rings (SSSR count). The van der Waals surface area contributed by atoms with Gasteiger partial charge in [-0.05, 0) is 96.4 Å². The Morgan fingerprint density at radius 3 is 2.31 bits per heavy atom. The third kappa shape index (κ3) is 2.98. The Kier molecular flexibility index (Phi) is 5.21. The molecule has 5 aliphatic carbocycles. The molecule has 0 saturated heterocycles. The second-order valence-electron chi connectivity index (χ2n) is 15.2. The van der Waals surface area contributed by atoms with Gasteiger partial charge >= 0.3 is 0 Å². The molecule has 2 unspecified atom stereocenters. The Morgan fingerprint density at radius 1 is 1.03 bits per heavy atom. The van der Waals surface area contributed by atoms with Gasteiger partial charge in [0.25, 0.3) is 0 Å². The number of hydrogen-bond acceptors (Lipinski definition) is 3. The normalized spacial score (nSPS) is 48.0. The van der Waals surface area contributed by atoms with E-state index in [9.17, 15) is 15.2 Å². The maximum atomic E-state index is 14.3. The van der Waals surface area contributed by atoms with E-state index in [2.05, 4.69) is 67.5 Å². The van der Waals surface area contributed by atoms with Crippen molar-refractivity contribution in [3.8, 4) is 6.07 Å². The zero-order valence-electron chi connectivity index (χ0n) is 23.5. The van der Waals surface area contributed by atoms with Gasteiger partial charge in [-0.1, -0.05) is 67.4 Å². The van der Waals surface area contributed by atoms with Gasteiger partial charge < -0.3 is 5.11 Å². The second-order valence-corrected chi connectivity index (χ2v) is 15.2. The second kappa shape index (κ2) is 7.26.